The summed E-state index contributed by atoms with van der Waals surface area (Å²) >= 11 is 6.33. The Bertz CT molecular complexity index is 1480. The van der Waals surface area contributed by atoms with Crippen LogP contribution in [0, 0.1) is 0 Å². The van der Waals surface area contributed by atoms with Crippen molar-refractivity contribution in [2.45, 2.75) is 5.92 Å². The number of halogens is 1. The summed E-state index contributed by atoms with van der Waals surface area (Å²) in [7, 11) is 0. The molecule has 0 fully saturated rings. The molecule has 0 saturated heterocycles. The molecule has 0 aliphatic carbocycles. The highest BCUT2D eigenvalue weighted by molar-refractivity contribution is 6.30. The van der Waals surface area contributed by atoms with E-state index in [0.717, 1.165) is 38.8 Å². The van der Waals surface area contributed by atoms with E-state index in [-0.39, 0.29) is 11.5 Å². The summed E-state index contributed by atoms with van der Waals surface area (Å²) in [6.45, 7) is 0. The molecule has 3 aromatic carbocycles. The lowest BCUT2D eigenvalue weighted by atomic mass is 9.80. The molecule has 0 amide bonds. The van der Waals surface area contributed by atoms with Gasteiger partial charge in [0.1, 0.15) is 5.58 Å². The fourth-order valence-corrected chi connectivity index (χ4v) is 4.63. The number of H-pyrrole nitrogens is 1. The van der Waals surface area contributed by atoms with E-state index in [4.69, 9.17) is 16.0 Å². The maximum absolute atomic E-state index is 13.2. The van der Waals surface area contributed by atoms with Gasteiger partial charge in [0.2, 0.25) is 0 Å². The van der Waals surface area contributed by atoms with E-state index < -0.39 is 0 Å². The van der Waals surface area contributed by atoms with Crippen molar-refractivity contribution in [2.75, 3.05) is 5.32 Å². The third-order valence-corrected chi connectivity index (χ3v) is 5.88. The van der Waals surface area contributed by atoms with Crippen LogP contribution < -0.4 is 10.9 Å². The highest BCUT2D eigenvalue weighted by Gasteiger charge is 2.33. The molecule has 2 N–H and O–H groups in total. The summed E-state index contributed by atoms with van der Waals surface area (Å²) in [4.78, 5) is 16.4. The van der Waals surface area contributed by atoms with E-state index in [1.165, 1.54) is 0 Å². The summed E-state index contributed by atoms with van der Waals surface area (Å²) < 4.78 is 5.71. The minimum absolute atomic E-state index is 0.291. The van der Waals surface area contributed by atoms with Crippen molar-refractivity contribution in [2.24, 2.45) is 0 Å². The number of para-hydroxylation sites is 1. The van der Waals surface area contributed by atoms with Gasteiger partial charge in [0.05, 0.1) is 11.3 Å². The highest BCUT2D eigenvalue weighted by atomic mass is 35.5. The molecule has 1 aliphatic rings. The van der Waals surface area contributed by atoms with Gasteiger partial charge < -0.3 is 14.7 Å². The third-order valence-electron chi connectivity index (χ3n) is 5.64. The molecule has 6 rings (SSSR count). The molecular weight excluding hydrogens is 384 g/mol. The first-order chi connectivity index (χ1) is 14.2. The number of aromatic nitrogens is 1. The van der Waals surface area contributed by atoms with Crippen molar-refractivity contribution in [1.82, 2.24) is 4.98 Å². The SMILES string of the molecule is O=c1oc2ccccc2c2c1C(c1cccc(Cl)c1)c1c(ccc3[nH]ccc13)N2. The molecule has 0 saturated carbocycles. The van der Waals surface area contributed by atoms with Crippen LogP contribution in [0.2, 0.25) is 5.02 Å². The van der Waals surface area contributed by atoms with Gasteiger partial charge in [-0.3, -0.25) is 0 Å². The van der Waals surface area contributed by atoms with Crippen molar-refractivity contribution in [3.8, 4) is 0 Å². The van der Waals surface area contributed by atoms with E-state index in [0.29, 0.717) is 16.2 Å². The molecular formula is C24H15ClN2O2. The van der Waals surface area contributed by atoms with Crippen LogP contribution in [0.15, 0.2) is 82.1 Å². The lowest BCUT2D eigenvalue weighted by molar-refractivity contribution is 0.549. The first-order valence-electron chi connectivity index (χ1n) is 9.39. The van der Waals surface area contributed by atoms with Gasteiger partial charge in [-0.1, -0.05) is 35.9 Å². The van der Waals surface area contributed by atoms with Crippen LogP contribution in [0.25, 0.3) is 21.9 Å². The van der Waals surface area contributed by atoms with Crippen molar-refractivity contribution >= 4 is 44.8 Å². The number of fused-ring (bicyclic) bond motifs is 6. The molecule has 29 heavy (non-hydrogen) atoms. The van der Waals surface area contributed by atoms with Crippen LogP contribution >= 0.6 is 11.6 Å². The van der Waals surface area contributed by atoms with Crippen LogP contribution in [0.3, 0.4) is 0 Å². The van der Waals surface area contributed by atoms with Gasteiger partial charge in [-0.25, -0.2) is 4.79 Å². The first kappa shape index (κ1) is 16.5. The Morgan fingerprint density at radius 2 is 1.79 bits per heavy atom. The molecule has 2 aromatic heterocycles. The quantitative estimate of drug-likeness (QED) is 0.326. The summed E-state index contributed by atoms with van der Waals surface area (Å²) in [6, 6.07) is 21.4. The summed E-state index contributed by atoms with van der Waals surface area (Å²) in [6.07, 6.45) is 1.92. The van der Waals surface area contributed by atoms with Gasteiger partial charge in [0.25, 0.3) is 0 Å². The predicted octanol–water partition coefficient (Wildman–Crippen LogP) is 6.16. The Labute approximate surface area is 170 Å². The molecule has 4 nitrogen and oxygen atoms in total. The maximum Gasteiger partial charge on any atom is 0.342 e. The predicted molar refractivity (Wildman–Crippen MR) is 116 cm³/mol. The molecule has 5 heteroatoms. The van der Waals surface area contributed by atoms with Gasteiger partial charge in [-0.2, -0.15) is 0 Å². The fourth-order valence-electron chi connectivity index (χ4n) is 4.44. The van der Waals surface area contributed by atoms with Gasteiger partial charge >= 0.3 is 5.63 Å². The molecule has 0 spiro atoms. The monoisotopic (exact) mass is 398 g/mol. The molecule has 140 valence electrons. The number of benzene rings is 3. The standard InChI is InChI=1S/C24H15ClN2O2/c25-14-5-3-4-13(12-14)20-21-15-10-11-26-17(15)8-9-18(21)27-23-16-6-1-2-7-19(16)29-24(28)22(20)23/h1-12,20,26-27H. The van der Waals surface area contributed by atoms with Crippen molar-refractivity contribution < 1.29 is 4.42 Å². The van der Waals surface area contributed by atoms with Crippen LogP contribution in [-0.2, 0) is 0 Å². The number of anilines is 2. The van der Waals surface area contributed by atoms with Crippen molar-refractivity contribution in [3.05, 3.63) is 105 Å². The van der Waals surface area contributed by atoms with Crippen LogP contribution in [0.1, 0.15) is 22.6 Å². The second-order valence-corrected chi connectivity index (χ2v) is 7.69. The number of aromatic amines is 1. The van der Waals surface area contributed by atoms with Gasteiger partial charge in [-0.05, 0) is 53.6 Å². The lowest BCUT2D eigenvalue weighted by Crippen LogP contribution is -2.22. The van der Waals surface area contributed by atoms with E-state index in [9.17, 15) is 4.79 Å². The normalized spacial score (nSPS) is 15.1. The number of hydrogen-bond donors (Lipinski definition) is 2. The Balaban J connectivity index is 1.77. The molecule has 3 heterocycles. The topological polar surface area (TPSA) is 58.0 Å². The average Bonchev–Trinajstić information content (AvgIpc) is 3.21. The van der Waals surface area contributed by atoms with E-state index >= 15 is 0 Å². The van der Waals surface area contributed by atoms with Crippen LogP contribution in [-0.4, -0.2) is 4.98 Å². The average molecular weight is 399 g/mol. The molecule has 1 atom stereocenters. The van der Waals surface area contributed by atoms with Gasteiger partial charge in [-0.15, -0.1) is 0 Å². The number of hydrogen-bond acceptors (Lipinski definition) is 3. The van der Waals surface area contributed by atoms with E-state index in [2.05, 4.69) is 22.4 Å². The summed E-state index contributed by atoms with van der Waals surface area (Å²) in [5.74, 6) is -0.291. The highest BCUT2D eigenvalue weighted by Crippen LogP contribution is 2.48. The molecule has 0 radical (unpaired) electrons. The molecule has 1 aliphatic heterocycles. The smallest absolute Gasteiger partial charge is 0.342 e. The molecule has 1 unspecified atom stereocenters. The number of nitrogens with one attached hydrogen (secondary N) is 2. The largest absolute Gasteiger partial charge is 0.422 e. The van der Waals surface area contributed by atoms with Crippen molar-refractivity contribution in [1.29, 1.82) is 0 Å². The summed E-state index contributed by atoms with van der Waals surface area (Å²) in [5, 5.41) is 6.10. The second kappa shape index (κ2) is 6.00. The van der Waals surface area contributed by atoms with Gasteiger partial charge in [0, 0.05) is 39.1 Å². The zero-order chi connectivity index (χ0) is 19.5. The zero-order valence-electron chi connectivity index (χ0n) is 15.2. The fraction of sp³-hybridized carbons (Fsp3) is 0.0417. The van der Waals surface area contributed by atoms with Crippen LogP contribution in [0.5, 0.6) is 0 Å². The minimum Gasteiger partial charge on any atom is -0.422 e. The van der Waals surface area contributed by atoms with Crippen LogP contribution in [0.4, 0.5) is 11.4 Å². The van der Waals surface area contributed by atoms with Crippen molar-refractivity contribution in [3.63, 3.8) is 0 Å². The third kappa shape index (κ3) is 2.36. The Kier molecular flexibility index (Phi) is 3.40. The van der Waals surface area contributed by atoms with E-state index in [1.807, 2.05) is 60.8 Å². The summed E-state index contributed by atoms with van der Waals surface area (Å²) in [5.41, 5.74) is 5.63. The Morgan fingerprint density at radius 1 is 0.897 bits per heavy atom. The van der Waals surface area contributed by atoms with Gasteiger partial charge in [0.15, 0.2) is 0 Å². The lowest BCUT2D eigenvalue weighted by Gasteiger charge is -2.30. The number of rotatable bonds is 1. The molecule has 0 bridgehead atoms. The zero-order valence-corrected chi connectivity index (χ0v) is 16.0. The minimum atomic E-state index is -0.339. The Morgan fingerprint density at radius 3 is 2.69 bits per heavy atom. The second-order valence-electron chi connectivity index (χ2n) is 7.25. The maximum atomic E-state index is 13.2. The molecule has 5 aromatic rings. The first-order valence-corrected chi connectivity index (χ1v) is 9.77. The Hall–Kier alpha value is -3.50. The van der Waals surface area contributed by atoms with E-state index in [1.54, 1.807) is 0 Å².